The lowest BCUT2D eigenvalue weighted by atomic mass is 10.3. The van der Waals surface area contributed by atoms with Crippen LogP contribution in [-0.2, 0) is 104 Å². The van der Waals surface area contributed by atoms with Crippen LogP contribution in [-0.4, -0.2) is 296 Å². The molecule has 0 aromatic rings. The first-order valence-corrected chi connectivity index (χ1v) is 25.5. The van der Waals surface area contributed by atoms with Crippen LogP contribution in [0.4, 0.5) is 0 Å². The molecule has 0 heterocycles. The van der Waals surface area contributed by atoms with Crippen LogP contribution in [0.15, 0.2) is 0 Å². The van der Waals surface area contributed by atoms with Crippen molar-refractivity contribution in [2.24, 2.45) is 5.73 Å². The molecule has 0 aliphatic rings. The van der Waals surface area contributed by atoms with Crippen molar-refractivity contribution in [3.63, 3.8) is 0 Å². The fraction of sp³-hybridized carbons (Fsp3) is 1.00. The number of ether oxygens (including phenoxy) is 22. The Bertz CT molecular complexity index is 957. The molecule has 23 nitrogen and oxygen atoms in total. The van der Waals surface area contributed by atoms with Crippen LogP contribution in [0, 0.1) is 0 Å². The summed E-state index contributed by atoms with van der Waals surface area (Å²) in [5.74, 6) is 0. The number of hydrogen-bond donors (Lipinski definition) is 1. The van der Waals surface area contributed by atoms with Crippen LogP contribution in [0.5, 0.6) is 0 Å². The van der Waals surface area contributed by atoms with Crippen molar-refractivity contribution in [3.8, 4) is 0 Å². The van der Waals surface area contributed by atoms with Gasteiger partial charge in [0.25, 0.3) is 0 Å². The van der Waals surface area contributed by atoms with Crippen molar-refractivity contribution in [1.82, 2.24) is 0 Å². The summed E-state index contributed by atoms with van der Waals surface area (Å²) in [7, 11) is 1.64. The van der Waals surface area contributed by atoms with E-state index in [9.17, 15) is 0 Å². The fourth-order valence-corrected chi connectivity index (χ4v) is 5.06. The smallest absolute Gasteiger partial charge is 0.0781 e. The van der Waals surface area contributed by atoms with E-state index in [2.05, 4.69) is 0 Å². The average molecular weight is 1040 g/mol. The van der Waals surface area contributed by atoms with E-state index < -0.39 is 0 Å². The van der Waals surface area contributed by atoms with Gasteiger partial charge in [-0.3, -0.25) is 0 Å². The minimum atomic E-state index is -0.0232. The Kier molecular flexibility index (Phi) is 62.6. The van der Waals surface area contributed by atoms with Crippen LogP contribution in [0.25, 0.3) is 0 Å². The topological polar surface area (TPSA) is 229 Å². The molecular formula is C48H99NO22. The van der Waals surface area contributed by atoms with Gasteiger partial charge in [-0.1, -0.05) is 0 Å². The van der Waals surface area contributed by atoms with Gasteiger partial charge in [0.1, 0.15) is 0 Å². The zero-order chi connectivity index (χ0) is 51.3. The summed E-state index contributed by atoms with van der Waals surface area (Å²) in [6, 6.07) is 0.0159. The molecule has 0 aliphatic carbocycles. The summed E-state index contributed by atoms with van der Waals surface area (Å²) in [5.41, 5.74) is 5.70. The number of methoxy groups -OCH3 is 1. The number of nitrogens with two attached hydrogens (primary N) is 1. The molecule has 0 fully saturated rings. The molecule has 0 saturated carbocycles. The summed E-state index contributed by atoms with van der Waals surface area (Å²) < 4.78 is 121. The maximum absolute atomic E-state index is 5.73. The maximum Gasteiger partial charge on any atom is 0.0781 e. The molecule has 428 valence electrons. The Morgan fingerprint density at radius 3 is 0.549 bits per heavy atom. The molecule has 0 aromatic carbocycles. The quantitative estimate of drug-likeness (QED) is 0.0842. The SMILES string of the molecule is COCCOCCOCCOCCOCCOCCOCCOCCOCCOCCOCCOCCOCCOCCOCCOCCOCCOCCOCCOCC(C)OCC(C)OCC(C)N. The molecule has 3 atom stereocenters. The average Bonchev–Trinajstić information content (AvgIpc) is 3.37. The zero-order valence-electron chi connectivity index (χ0n) is 44.3. The van der Waals surface area contributed by atoms with Gasteiger partial charge in [-0.2, -0.15) is 0 Å². The molecule has 3 unspecified atom stereocenters. The van der Waals surface area contributed by atoms with Gasteiger partial charge in [-0.15, -0.1) is 0 Å². The minimum Gasteiger partial charge on any atom is -0.382 e. The molecule has 0 aromatic heterocycles. The van der Waals surface area contributed by atoms with Gasteiger partial charge in [-0.25, -0.2) is 0 Å². The number of rotatable bonds is 65. The number of hydrogen-bond acceptors (Lipinski definition) is 23. The Hall–Kier alpha value is -0.920. The van der Waals surface area contributed by atoms with Crippen LogP contribution < -0.4 is 5.73 Å². The molecule has 0 saturated heterocycles. The van der Waals surface area contributed by atoms with E-state index in [0.29, 0.717) is 271 Å². The first-order valence-electron chi connectivity index (χ1n) is 25.5. The fourth-order valence-electron chi connectivity index (χ4n) is 5.06. The first-order chi connectivity index (χ1) is 35.1. The second kappa shape index (κ2) is 63.4. The Labute approximate surface area is 426 Å². The second-order valence-corrected chi connectivity index (χ2v) is 15.4. The van der Waals surface area contributed by atoms with Crippen LogP contribution >= 0.6 is 0 Å². The van der Waals surface area contributed by atoms with Crippen molar-refractivity contribution in [2.75, 3.05) is 278 Å². The summed E-state index contributed by atoms with van der Waals surface area (Å²) >= 11 is 0. The third-order valence-electron chi connectivity index (χ3n) is 8.74. The largest absolute Gasteiger partial charge is 0.382 e. The van der Waals surface area contributed by atoms with E-state index in [4.69, 9.17) is 110 Å². The lowest BCUT2D eigenvalue weighted by Gasteiger charge is -2.18. The van der Waals surface area contributed by atoms with Gasteiger partial charge >= 0.3 is 0 Å². The predicted molar refractivity (Wildman–Crippen MR) is 262 cm³/mol. The van der Waals surface area contributed by atoms with E-state index in [1.54, 1.807) is 7.11 Å². The van der Waals surface area contributed by atoms with Crippen molar-refractivity contribution in [3.05, 3.63) is 0 Å². The first kappa shape index (κ1) is 70.1. The third kappa shape index (κ3) is 65.1. The normalized spacial score (nSPS) is 13.1. The zero-order valence-corrected chi connectivity index (χ0v) is 44.3. The molecule has 71 heavy (non-hydrogen) atoms. The lowest BCUT2D eigenvalue weighted by Crippen LogP contribution is -2.29. The highest BCUT2D eigenvalue weighted by molar-refractivity contribution is 4.56. The van der Waals surface area contributed by atoms with E-state index in [-0.39, 0.29) is 18.2 Å². The summed E-state index contributed by atoms with van der Waals surface area (Å²) in [6.07, 6.45) is -0.0265. The van der Waals surface area contributed by atoms with E-state index >= 15 is 0 Å². The second-order valence-electron chi connectivity index (χ2n) is 15.4. The van der Waals surface area contributed by atoms with Gasteiger partial charge in [0.05, 0.1) is 283 Å². The van der Waals surface area contributed by atoms with E-state index in [1.807, 2.05) is 20.8 Å². The monoisotopic (exact) mass is 1040 g/mol. The lowest BCUT2D eigenvalue weighted by molar-refractivity contribution is -0.0653. The van der Waals surface area contributed by atoms with Crippen molar-refractivity contribution < 1.29 is 104 Å². The molecule has 0 bridgehead atoms. The van der Waals surface area contributed by atoms with Crippen molar-refractivity contribution in [1.29, 1.82) is 0 Å². The van der Waals surface area contributed by atoms with Gasteiger partial charge < -0.3 is 110 Å². The van der Waals surface area contributed by atoms with Crippen molar-refractivity contribution in [2.45, 2.75) is 39.0 Å². The Morgan fingerprint density at radius 2 is 0.366 bits per heavy atom. The predicted octanol–water partition coefficient (Wildman–Crippen LogP) is 1.11. The molecule has 0 amide bonds. The van der Waals surface area contributed by atoms with E-state index in [0.717, 1.165) is 0 Å². The highest BCUT2D eigenvalue weighted by Crippen LogP contribution is 1.99. The molecule has 0 radical (unpaired) electrons. The molecular weight excluding hydrogens is 943 g/mol. The molecule has 0 aliphatic heterocycles. The Morgan fingerprint density at radius 1 is 0.211 bits per heavy atom. The summed E-state index contributed by atoms with van der Waals surface area (Å²) in [6.45, 7) is 26.5. The van der Waals surface area contributed by atoms with Crippen molar-refractivity contribution >= 4 is 0 Å². The molecule has 23 heteroatoms. The van der Waals surface area contributed by atoms with E-state index in [1.165, 1.54) is 0 Å². The van der Waals surface area contributed by atoms with Crippen LogP contribution in [0.3, 0.4) is 0 Å². The maximum atomic E-state index is 5.73. The molecule has 0 rings (SSSR count). The van der Waals surface area contributed by atoms with Gasteiger partial charge in [0, 0.05) is 13.2 Å². The molecule has 2 N–H and O–H groups in total. The highest BCUT2D eigenvalue weighted by Gasteiger charge is 2.08. The van der Waals surface area contributed by atoms with Gasteiger partial charge in [-0.05, 0) is 20.8 Å². The van der Waals surface area contributed by atoms with Crippen LogP contribution in [0.2, 0.25) is 0 Å². The standard InChI is InChI=1S/C48H99NO22/c1-46(49)43-70-48(3)45-71-47(2)44-69-42-41-68-40-39-67-38-37-66-36-35-65-34-33-64-32-31-63-30-29-62-28-27-61-26-25-60-24-23-59-22-21-58-20-19-57-18-17-56-16-15-55-14-13-54-12-11-53-10-9-52-8-7-51-6-5-50-4/h46-48H,5-45,49H2,1-4H3. The Balaban J connectivity index is 3.11. The van der Waals surface area contributed by atoms with Gasteiger partial charge in [0.15, 0.2) is 0 Å². The molecule has 0 spiro atoms. The van der Waals surface area contributed by atoms with Gasteiger partial charge in [0.2, 0.25) is 0 Å². The minimum absolute atomic E-state index is 0.00334. The summed E-state index contributed by atoms with van der Waals surface area (Å²) in [5, 5.41) is 0. The van der Waals surface area contributed by atoms with Crippen LogP contribution in [0.1, 0.15) is 20.8 Å². The summed E-state index contributed by atoms with van der Waals surface area (Å²) in [4.78, 5) is 0. The highest BCUT2D eigenvalue weighted by atomic mass is 16.6. The third-order valence-corrected chi connectivity index (χ3v) is 8.74.